The first-order valence-electron chi connectivity index (χ1n) is 8.43. The zero-order valence-corrected chi connectivity index (χ0v) is 15.8. The Kier molecular flexibility index (Phi) is 5.17. The van der Waals surface area contributed by atoms with Gasteiger partial charge in [-0.15, -0.1) is 0 Å². The lowest BCUT2D eigenvalue weighted by atomic mass is 9.99. The fraction of sp³-hybridized carbons (Fsp3) is 0.190. The first kappa shape index (κ1) is 19.2. The quantitative estimate of drug-likeness (QED) is 0.386. The summed E-state index contributed by atoms with van der Waals surface area (Å²) >= 11 is 0. The minimum Gasteiger partial charge on any atom is -0.497 e. The first-order valence-corrected chi connectivity index (χ1v) is 8.43. The molecule has 0 spiro atoms. The maximum absolute atomic E-state index is 12.7. The summed E-state index contributed by atoms with van der Waals surface area (Å²) in [5.74, 6) is -0.295. The van der Waals surface area contributed by atoms with Crippen LogP contribution in [0.15, 0.2) is 45.6 Å². The predicted molar refractivity (Wildman–Crippen MR) is 102 cm³/mol. The molecule has 0 atom stereocenters. The Morgan fingerprint density at radius 2 is 1.68 bits per heavy atom. The minimum absolute atomic E-state index is 0.105. The second-order valence-electron chi connectivity index (χ2n) is 6.10. The molecule has 1 aromatic heterocycles. The van der Waals surface area contributed by atoms with E-state index in [9.17, 15) is 14.4 Å². The molecule has 144 valence electrons. The second-order valence-corrected chi connectivity index (χ2v) is 6.10. The van der Waals surface area contributed by atoms with Crippen molar-refractivity contribution in [1.82, 2.24) is 0 Å². The first-order chi connectivity index (χ1) is 13.3. The summed E-state index contributed by atoms with van der Waals surface area (Å²) < 4.78 is 21.0. The molecular weight excluding hydrogens is 364 g/mol. The van der Waals surface area contributed by atoms with Gasteiger partial charge in [0.2, 0.25) is 0 Å². The third-order valence-corrected chi connectivity index (χ3v) is 4.07. The number of methoxy groups -OCH3 is 1. The fourth-order valence-corrected chi connectivity index (χ4v) is 3.02. The van der Waals surface area contributed by atoms with Crippen molar-refractivity contribution in [2.75, 3.05) is 7.11 Å². The molecule has 2 aromatic carbocycles. The zero-order valence-electron chi connectivity index (χ0n) is 15.8. The molecule has 0 amide bonds. The van der Waals surface area contributed by atoms with Gasteiger partial charge in [-0.2, -0.15) is 0 Å². The van der Waals surface area contributed by atoms with E-state index in [1.54, 1.807) is 31.2 Å². The van der Waals surface area contributed by atoms with Gasteiger partial charge in [-0.3, -0.25) is 9.59 Å². The van der Waals surface area contributed by atoms with E-state index in [-0.39, 0.29) is 17.1 Å². The molecule has 0 radical (unpaired) electrons. The largest absolute Gasteiger partial charge is 0.497 e. The Bertz CT molecular complexity index is 1140. The van der Waals surface area contributed by atoms with Crippen molar-refractivity contribution in [3.05, 3.63) is 52.4 Å². The summed E-state index contributed by atoms with van der Waals surface area (Å²) in [5.41, 5.74) is 1.05. The number of aryl methyl sites for hydroxylation is 1. The van der Waals surface area contributed by atoms with Crippen molar-refractivity contribution in [2.24, 2.45) is 0 Å². The topological polar surface area (TPSA) is 92.0 Å². The van der Waals surface area contributed by atoms with E-state index in [0.29, 0.717) is 27.8 Å². The van der Waals surface area contributed by atoms with Crippen LogP contribution in [0.5, 0.6) is 17.2 Å². The van der Waals surface area contributed by atoms with Crippen molar-refractivity contribution < 1.29 is 28.2 Å². The normalized spacial score (nSPS) is 10.6. The minimum atomic E-state index is -0.577. The Morgan fingerprint density at radius 1 is 0.964 bits per heavy atom. The Hall–Kier alpha value is -3.61. The van der Waals surface area contributed by atoms with Gasteiger partial charge in [0.25, 0.3) is 0 Å². The summed E-state index contributed by atoms with van der Waals surface area (Å²) in [7, 11) is 1.53. The van der Waals surface area contributed by atoms with Gasteiger partial charge in [0.1, 0.15) is 22.8 Å². The standard InChI is InChI=1S/C21H18O7/c1-11-19(14-6-5-7-15(8-14)25-4)21(24)28-18-10-16(26-12(2)22)9-17(20(11)18)27-13(3)23/h5-10H,1-4H3. The molecular formula is C21H18O7. The van der Waals surface area contributed by atoms with Crippen LogP contribution in [0, 0.1) is 6.92 Å². The smallest absolute Gasteiger partial charge is 0.344 e. The lowest BCUT2D eigenvalue weighted by Crippen LogP contribution is -2.09. The number of benzene rings is 2. The van der Waals surface area contributed by atoms with Crippen LogP contribution in [-0.2, 0) is 9.59 Å². The van der Waals surface area contributed by atoms with Gasteiger partial charge in [-0.25, -0.2) is 4.79 Å². The number of hydrogen-bond acceptors (Lipinski definition) is 7. The van der Waals surface area contributed by atoms with Crippen molar-refractivity contribution in [3.8, 4) is 28.4 Å². The fourth-order valence-electron chi connectivity index (χ4n) is 3.02. The molecule has 3 rings (SSSR count). The van der Waals surface area contributed by atoms with Crippen LogP contribution in [0.2, 0.25) is 0 Å². The molecule has 0 bridgehead atoms. The lowest BCUT2D eigenvalue weighted by molar-refractivity contribution is -0.132. The molecule has 28 heavy (non-hydrogen) atoms. The third-order valence-electron chi connectivity index (χ3n) is 4.07. The molecule has 0 aliphatic heterocycles. The number of rotatable bonds is 4. The van der Waals surface area contributed by atoms with E-state index in [4.69, 9.17) is 18.6 Å². The van der Waals surface area contributed by atoms with Gasteiger partial charge in [0.05, 0.1) is 18.1 Å². The molecule has 0 aliphatic rings. The summed E-state index contributed by atoms with van der Waals surface area (Å²) in [5, 5.41) is 0.434. The summed E-state index contributed by atoms with van der Waals surface area (Å²) in [6.07, 6.45) is 0. The molecule has 0 unspecified atom stereocenters. The SMILES string of the molecule is COc1cccc(-c2c(C)c3c(OC(C)=O)cc(OC(C)=O)cc3oc2=O)c1. The van der Waals surface area contributed by atoms with Crippen molar-refractivity contribution in [3.63, 3.8) is 0 Å². The van der Waals surface area contributed by atoms with Crippen molar-refractivity contribution in [2.45, 2.75) is 20.8 Å². The van der Waals surface area contributed by atoms with Crippen LogP contribution in [-0.4, -0.2) is 19.0 Å². The Morgan fingerprint density at radius 3 is 2.32 bits per heavy atom. The Balaban J connectivity index is 2.32. The second kappa shape index (κ2) is 7.56. The van der Waals surface area contributed by atoms with E-state index in [1.165, 1.54) is 33.1 Å². The van der Waals surface area contributed by atoms with E-state index < -0.39 is 17.6 Å². The number of ether oxygens (including phenoxy) is 3. The van der Waals surface area contributed by atoms with Crippen molar-refractivity contribution >= 4 is 22.9 Å². The van der Waals surface area contributed by atoms with Crippen LogP contribution in [0.4, 0.5) is 0 Å². The molecule has 7 nitrogen and oxygen atoms in total. The van der Waals surface area contributed by atoms with Gasteiger partial charge in [-0.1, -0.05) is 12.1 Å². The molecule has 0 fully saturated rings. The highest BCUT2D eigenvalue weighted by Crippen LogP contribution is 2.37. The van der Waals surface area contributed by atoms with Crippen LogP contribution in [0.1, 0.15) is 19.4 Å². The molecule has 3 aromatic rings. The molecule has 0 saturated carbocycles. The van der Waals surface area contributed by atoms with Crippen LogP contribution >= 0.6 is 0 Å². The number of carbonyl (C=O) groups is 2. The predicted octanol–water partition coefficient (Wildman–Crippen LogP) is 3.63. The summed E-state index contributed by atoms with van der Waals surface area (Å²) in [6, 6.07) is 9.81. The molecule has 0 N–H and O–H groups in total. The average molecular weight is 382 g/mol. The highest BCUT2D eigenvalue weighted by atomic mass is 16.5. The molecule has 0 aliphatic carbocycles. The van der Waals surface area contributed by atoms with Gasteiger partial charge in [-0.05, 0) is 30.2 Å². The molecule has 0 saturated heterocycles. The summed E-state index contributed by atoms with van der Waals surface area (Å²) in [4.78, 5) is 35.5. The monoisotopic (exact) mass is 382 g/mol. The van der Waals surface area contributed by atoms with Gasteiger partial charge < -0.3 is 18.6 Å². The number of carbonyl (C=O) groups excluding carboxylic acids is 2. The van der Waals surface area contributed by atoms with E-state index in [1.807, 2.05) is 0 Å². The highest BCUT2D eigenvalue weighted by molar-refractivity contribution is 5.94. The number of hydrogen-bond donors (Lipinski definition) is 0. The van der Waals surface area contributed by atoms with Crippen LogP contribution in [0.25, 0.3) is 22.1 Å². The molecule has 1 heterocycles. The van der Waals surface area contributed by atoms with E-state index in [2.05, 4.69) is 0 Å². The zero-order chi connectivity index (χ0) is 20.4. The van der Waals surface area contributed by atoms with Crippen molar-refractivity contribution in [1.29, 1.82) is 0 Å². The maximum atomic E-state index is 12.7. The third kappa shape index (κ3) is 3.73. The highest BCUT2D eigenvalue weighted by Gasteiger charge is 2.20. The van der Waals surface area contributed by atoms with Gasteiger partial charge >= 0.3 is 17.6 Å². The molecule has 7 heteroatoms. The van der Waals surface area contributed by atoms with E-state index >= 15 is 0 Å². The number of esters is 2. The average Bonchev–Trinajstić information content (AvgIpc) is 2.60. The Labute approximate surface area is 160 Å². The van der Waals surface area contributed by atoms with Crippen LogP contribution in [0.3, 0.4) is 0 Å². The van der Waals surface area contributed by atoms with E-state index in [0.717, 1.165) is 0 Å². The lowest BCUT2D eigenvalue weighted by Gasteiger charge is -2.13. The van der Waals surface area contributed by atoms with Gasteiger partial charge in [0, 0.05) is 26.0 Å². The van der Waals surface area contributed by atoms with Crippen LogP contribution < -0.4 is 19.8 Å². The van der Waals surface area contributed by atoms with Gasteiger partial charge in [0.15, 0.2) is 0 Å². The summed E-state index contributed by atoms with van der Waals surface area (Å²) in [6.45, 7) is 4.22. The number of fused-ring (bicyclic) bond motifs is 1. The maximum Gasteiger partial charge on any atom is 0.344 e.